The zero-order chi connectivity index (χ0) is 27.7. The normalized spacial score (nSPS) is 20.3. The van der Waals surface area contributed by atoms with Gasteiger partial charge in [0, 0.05) is 12.1 Å². The molecule has 7 nitrogen and oxygen atoms in total. The number of benzene rings is 2. The van der Waals surface area contributed by atoms with Crippen molar-refractivity contribution in [3.05, 3.63) is 93.2 Å². The summed E-state index contributed by atoms with van der Waals surface area (Å²) in [5, 5.41) is 0. The van der Waals surface area contributed by atoms with Crippen LogP contribution in [0.5, 0.6) is 0 Å². The van der Waals surface area contributed by atoms with Crippen molar-refractivity contribution in [1.82, 2.24) is 14.5 Å². The third-order valence-corrected chi connectivity index (χ3v) is 7.52. The second-order valence-corrected chi connectivity index (χ2v) is 10.0. The van der Waals surface area contributed by atoms with Gasteiger partial charge in [-0.2, -0.15) is 13.2 Å². The average Bonchev–Trinajstić information content (AvgIpc) is 2.91. The number of nitrogens with zero attached hydrogens (tertiary/aromatic N) is 3. The van der Waals surface area contributed by atoms with Crippen LogP contribution < -0.4 is 11.3 Å². The molecule has 1 aliphatic carbocycles. The molecule has 2 aromatic carbocycles. The van der Waals surface area contributed by atoms with Gasteiger partial charge < -0.3 is 15.4 Å². The summed E-state index contributed by atoms with van der Waals surface area (Å²) in [6.07, 6.45) is -5.08. The summed E-state index contributed by atoms with van der Waals surface area (Å²) < 4.78 is 59.4. The highest BCUT2D eigenvalue weighted by Crippen LogP contribution is 2.38. The first-order valence-electron chi connectivity index (χ1n) is 12.8. The third-order valence-electron chi connectivity index (χ3n) is 7.52. The van der Waals surface area contributed by atoms with Crippen LogP contribution in [0.3, 0.4) is 0 Å². The first kappa shape index (κ1) is 26.7. The molecule has 3 aromatic rings. The monoisotopic (exact) mass is 544 g/mol. The molecule has 0 radical (unpaired) electrons. The van der Waals surface area contributed by atoms with Gasteiger partial charge in [-0.25, -0.2) is 14.2 Å². The second-order valence-electron chi connectivity index (χ2n) is 10.0. The van der Waals surface area contributed by atoms with E-state index in [1.165, 1.54) is 21.6 Å². The lowest BCUT2D eigenvalue weighted by atomic mass is 9.87. The fourth-order valence-corrected chi connectivity index (χ4v) is 5.42. The minimum Gasteiger partial charge on any atom is -0.446 e. The topological polar surface area (TPSA) is 90.5 Å². The maximum absolute atomic E-state index is 13.7. The van der Waals surface area contributed by atoms with E-state index in [0.717, 1.165) is 5.56 Å². The second kappa shape index (κ2) is 10.7. The van der Waals surface area contributed by atoms with Crippen molar-refractivity contribution in [2.24, 2.45) is 5.92 Å². The number of carbonyl (C=O) groups is 1. The van der Waals surface area contributed by atoms with E-state index in [0.29, 0.717) is 16.8 Å². The van der Waals surface area contributed by atoms with E-state index < -0.39 is 36.2 Å². The Kier molecular flexibility index (Phi) is 7.33. The number of anilines is 1. The first-order chi connectivity index (χ1) is 18.6. The van der Waals surface area contributed by atoms with Gasteiger partial charge in [0.05, 0.1) is 24.2 Å². The number of fused-ring (bicyclic) bond motifs is 1. The summed E-state index contributed by atoms with van der Waals surface area (Å²) in [5.41, 5.74) is 8.15. The smallest absolute Gasteiger partial charge is 0.410 e. The van der Waals surface area contributed by atoms with Crippen molar-refractivity contribution < 1.29 is 27.1 Å². The molecular formula is C28H28F4N4O3. The molecule has 0 bridgehead atoms. The molecule has 1 aliphatic heterocycles. The molecule has 0 spiro atoms. The summed E-state index contributed by atoms with van der Waals surface area (Å²) in [6.45, 7) is 0.190. The summed E-state index contributed by atoms with van der Waals surface area (Å²) in [7, 11) is 0. The first-order valence-corrected chi connectivity index (χ1v) is 12.8. The predicted molar refractivity (Wildman–Crippen MR) is 135 cm³/mol. The van der Waals surface area contributed by atoms with Gasteiger partial charge >= 0.3 is 12.3 Å². The van der Waals surface area contributed by atoms with Crippen LogP contribution in [-0.2, 0) is 17.7 Å². The number of amides is 1. The standard InChI is InChI=1S/C28H28F4N4O3/c29-20-10-6-18(7-11-20)24(17-4-2-1-3-5-17)36-25(37)22-14-15-35(16-23(22)34-26(36)33)27(38)39-21-12-8-19(9-13-21)28(30,31)32/h1-7,10-11,19,21,24H,8-9,12-16H2,(H2,33,34)/t19-,21-,24?. The maximum atomic E-state index is 13.7. The average molecular weight is 545 g/mol. The van der Waals surface area contributed by atoms with Crippen LogP contribution in [0.4, 0.5) is 28.3 Å². The summed E-state index contributed by atoms with van der Waals surface area (Å²) in [5.74, 6) is -1.83. The lowest BCUT2D eigenvalue weighted by Gasteiger charge is -2.33. The Morgan fingerprint density at radius 3 is 2.28 bits per heavy atom. The Hall–Kier alpha value is -3.89. The summed E-state index contributed by atoms with van der Waals surface area (Å²) >= 11 is 0. The van der Waals surface area contributed by atoms with Crippen LogP contribution in [-0.4, -0.2) is 39.4 Å². The van der Waals surface area contributed by atoms with E-state index in [-0.39, 0.29) is 56.7 Å². The number of carbonyl (C=O) groups excluding carboxylic acids is 1. The molecule has 206 valence electrons. The van der Waals surface area contributed by atoms with Crippen molar-refractivity contribution in [3.63, 3.8) is 0 Å². The van der Waals surface area contributed by atoms with E-state index in [4.69, 9.17) is 10.5 Å². The van der Waals surface area contributed by atoms with E-state index >= 15 is 0 Å². The summed E-state index contributed by atoms with van der Waals surface area (Å²) in [6, 6.07) is 14.4. The molecule has 2 heterocycles. The van der Waals surface area contributed by atoms with Crippen LogP contribution in [0, 0.1) is 11.7 Å². The van der Waals surface area contributed by atoms with Gasteiger partial charge in [0.1, 0.15) is 11.9 Å². The van der Waals surface area contributed by atoms with Crippen LogP contribution in [0.2, 0.25) is 0 Å². The lowest BCUT2D eigenvalue weighted by Crippen LogP contribution is -2.43. The highest BCUT2D eigenvalue weighted by molar-refractivity contribution is 5.68. The molecular weight excluding hydrogens is 516 g/mol. The molecule has 1 aromatic heterocycles. The molecule has 5 rings (SSSR count). The molecule has 11 heteroatoms. The van der Waals surface area contributed by atoms with Crippen LogP contribution in [0.1, 0.15) is 54.1 Å². The third kappa shape index (κ3) is 5.62. The number of nitrogens with two attached hydrogens (primary N) is 1. The number of ether oxygens (including phenoxy) is 1. The number of halogens is 4. The number of nitrogen functional groups attached to an aromatic ring is 1. The molecule has 0 saturated heterocycles. The van der Waals surface area contributed by atoms with Gasteiger partial charge in [0.25, 0.3) is 5.56 Å². The van der Waals surface area contributed by atoms with Crippen molar-refractivity contribution in [2.75, 3.05) is 12.3 Å². The SMILES string of the molecule is Nc1nc2c(c(=O)n1C(c1ccccc1)c1ccc(F)cc1)CCN(C(=O)O[C@H]1CC[C@H](C(F)(F)F)CC1)C2. The van der Waals surface area contributed by atoms with Gasteiger partial charge in [0.2, 0.25) is 5.95 Å². The Morgan fingerprint density at radius 2 is 1.64 bits per heavy atom. The molecule has 1 saturated carbocycles. The van der Waals surface area contributed by atoms with Crippen molar-refractivity contribution in [3.8, 4) is 0 Å². The van der Waals surface area contributed by atoms with Crippen LogP contribution >= 0.6 is 0 Å². The number of alkyl halides is 3. The Balaban J connectivity index is 1.37. The van der Waals surface area contributed by atoms with Crippen LogP contribution in [0.15, 0.2) is 59.4 Å². The molecule has 2 N–H and O–H groups in total. The maximum Gasteiger partial charge on any atom is 0.410 e. The molecule has 39 heavy (non-hydrogen) atoms. The van der Waals surface area contributed by atoms with Crippen molar-refractivity contribution in [2.45, 2.75) is 57.0 Å². The predicted octanol–water partition coefficient (Wildman–Crippen LogP) is 5.22. The minimum absolute atomic E-state index is 0.00110. The van der Waals surface area contributed by atoms with Crippen molar-refractivity contribution >= 4 is 12.0 Å². The van der Waals surface area contributed by atoms with Crippen molar-refractivity contribution in [1.29, 1.82) is 0 Å². The molecule has 1 unspecified atom stereocenters. The number of hydrogen-bond acceptors (Lipinski definition) is 5. The lowest BCUT2D eigenvalue weighted by molar-refractivity contribution is -0.186. The highest BCUT2D eigenvalue weighted by Gasteiger charge is 2.42. The Bertz CT molecular complexity index is 1380. The van der Waals surface area contributed by atoms with E-state index in [9.17, 15) is 27.2 Å². The van der Waals surface area contributed by atoms with E-state index in [1.54, 1.807) is 12.1 Å². The molecule has 1 atom stereocenters. The van der Waals surface area contributed by atoms with Gasteiger partial charge in [-0.1, -0.05) is 42.5 Å². The Morgan fingerprint density at radius 1 is 1.00 bits per heavy atom. The van der Waals surface area contributed by atoms with Gasteiger partial charge in [0.15, 0.2) is 0 Å². The zero-order valence-corrected chi connectivity index (χ0v) is 21.0. The number of hydrogen-bond donors (Lipinski definition) is 1. The molecule has 2 aliphatic rings. The number of aromatic nitrogens is 2. The fraction of sp³-hybridized carbons (Fsp3) is 0.393. The van der Waals surface area contributed by atoms with Gasteiger partial charge in [-0.05, 0) is 55.4 Å². The summed E-state index contributed by atoms with van der Waals surface area (Å²) in [4.78, 5) is 32.4. The van der Waals surface area contributed by atoms with Gasteiger partial charge in [-0.3, -0.25) is 9.36 Å². The molecule has 1 fully saturated rings. The largest absolute Gasteiger partial charge is 0.446 e. The quantitative estimate of drug-likeness (QED) is 0.455. The molecule has 1 amide bonds. The van der Waals surface area contributed by atoms with Gasteiger partial charge in [-0.15, -0.1) is 0 Å². The fourth-order valence-electron chi connectivity index (χ4n) is 5.42. The van der Waals surface area contributed by atoms with Crippen LogP contribution in [0.25, 0.3) is 0 Å². The number of rotatable bonds is 4. The zero-order valence-electron chi connectivity index (χ0n) is 21.0. The van der Waals surface area contributed by atoms with E-state index in [1.807, 2.05) is 30.3 Å². The minimum atomic E-state index is -4.24. The van der Waals surface area contributed by atoms with E-state index in [2.05, 4.69) is 4.98 Å². The highest BCUT2D eigenvalue weighted by atomic mass is 19.4. The Labute approximate surface area is 222 Å².